The molecule has 2 aromatic rings. The minimum Gasteiger partial charge on any atom is -0.477 e. The number of aromatic carboxylic acids is 2. The highest BCUT2D eigenvalue weighted by Gasteiger charge is 2.22. The molecule has 0 bridgehead atoms. The maximum Gasteiger partial charge on any atom is 0.347 e. The Hall–Kier alpha value is -1.80. The normalized spacial score (nSPS) is 10.7. The summed E-state index contributed by atoms with van der Waals surface area (Å²) >= 11 is 2.07. The highest BCUT2D eigenvalue weighted by Crippen LogP contribution is 2.33. The Morgan fingerprint density at radius 3 is 1.45 bits per heavy atom. The molecule has 20 heavy (non-hydrogen) atoms. The molecule has 0 saturated carbocycles. The predicted octanol–water partition coefficient (Wildman–Crippen LogP) is 2.79. The van der Waals surface area contributed by atoms with E-state index in [4.69, 9.17) is 10.2 Å². The predicted molar refractivity (Wildman–Crippen MR) is 75.9 cm³/mol. The SMILES string of the molecule is CCc1nc(-c2nc(CC)c(C(=O)O)s2)sc1C(=O)O. The van der Waals surface area contributed by atoms with E-state index in [1.165, 1.54) is 0 Å². The number of carboxylic acids is 2. The smallest absolute Gasteiger partial charge is 0.347 e. The average molecular weight is 312 g/mol. The molecule has 0 amide bonds. The lowest BCUT2D eigenvalue weighted by atomic mass is 10.3. The van der Waals surface area contributed by atoms with E-state index >= 15 is 0 Å². The van der Waals surface area contributed by atoms with Crippen LogP contribution in [0.2, 0.25) is 0 Å². The van der Waals surface area contributed by atoms with Gasteiger partial charge in [-0.25, -0.2) is 19.6 Å². The Kier molecular flexibility index (Phi) is 4.15. The second-order valence-electron chi connectivity index (χ2n) is 3.91. The van der Waals surface area contributed by atoms with Gasteiger partial charge in [-0.05, 0) is 12.8 Å². The van der Waals surface area contributed by atoms with Gasteiger partial charge >= 0.3 is 11.9 Å². The van der Waals surface area contributed by atoms with E-state index in [9.17, 15) is 9.59 Å². The highest BCUT2D eigenvalue weighted by molar-refractivity contribution is 7.23. The van der Waals surface area contributed by atoms with Gasteiger partial charge in [0.25, 0.3) is 0 Å². The van der Waals surface area contributed by atoms with Crippen LogP contribution in [0.4, 0.5) is 0 Å². The first-order chi connectivity index (χ1) is 9.47. The van der Waals surface area contributed by atoms with Crippen LogP contribution in [0.3, 0.4) is 0 Å². The van der Waals surface area contributed by atoms with Gasteiger partial charge in [0.1, 0.15) is 9.75 Å². The third kappa shape index (κ3) is 2.56. The standard InChI is InChI=1S/C12H12N2O4S2/c1-3-5-7(11(15)16)19-9(13-5)10-14-6(4-2)8(20-10)12(17)18/h3-4H2,1-2H3,(H,15,16)(H,17,18). The molecule has 0 aliphatic rings. The Morgan fingerprint density at radius 1 is 0.900 bits per heavy atom. The zero-order valence-corrected chi connectivity index (χ0v) is 12.5. The van der Waals surface area contributed by atoms with Crippen LogP contribution in [0.1, 0.15) is 44.6 Å². The molecule has 0 fully saturated rings. The molecule has 0 unspecified atom stereocenters. The van der Waals surface area contributed by atoms with Crippen LogP contribution in [-0.2, 0) is 12.8 Å². The molecule has 0 aromatic carbocycles. The number of carboxylic acid groups (broad SMARTS) is 2. The van der Waals surface area contributed by atoms with Crippen molar-refractivity contribution >= 4 is 34.6 Å². The van der Waals surface area contributed by atoms with Gasteiger partial charge in [0.2, 0.25) is 0 Å². The molecule has 2 aromatic heterocycles. The summed E-state index contributed by atoms with van der Waals surface area (Å²) in [6.07, 6.45) is 1.02. The first-order valence-electron chi connectivity index (χ1n) is 5.94. The molecule has 6 nitrogen and oxygen atoms in total. The number of hydrogen-bond donors (Lipinski definition) is 2. The van der Waals surface area contributed by atoms with Gasteiger partial charge in [0.05, 0.1) is 11.4 Å². The van der Waals surface area contributed by atoms with Crippen molar-refractivity contribution in [2.24, 2.45) is 0 Å². The lowest BCUT2D eigenvalue weighted by Gasteiger charge is -1.89. The summed E-state index contributed by atoms with van der Waals surface area (Å²) in [6.45, 7) is 3.65. The van der Waals surface area contributed by atoms with Crippen LogP contribution in [0.25, 0.3) is 10.0 Å². The Labute approximate surface area is 122 Å². The lowest BCUT2D eigenvalue weighted by molar-refractivity contribution is 0.0689. The minimum absolute atomic E-state index is 0.188. The van der Waals surface area contributed by atoms with E-state index in [-0.39, 0.29) is 9.75 Å². The summed E-state index contributed by atoms with van der Waals surface area (Å²) in [5, 5.41) is 19.1. The molecule has 0 saturated heterocycles. The summed E-state index contributed by atoms with van der Waals surface area (Å²) in [6, 6.07) is 0. The van der Waals surface area contributed by atoms with Crippen LogP contribution in [0, 0.1) is 0 Å². The van der Waals surface area contributed by atoms with Crippen molar-refractivity contribution < 1.29 is 19.8 Å². The number of hydrogen-bond acceptors (Lipinski definition) is 6. The summed E-state index contributed by atoms with van der Waals surface area (Å²) in [5.74, 6) is -2.03. The first-order valence-corrected chi connectivity index (χ1v) is 7.57. The number of aromatic nitrogens is 2. The van der Waals surface area contributed by atoms with E-state index in [1.54, 1.807) is 0 Å². The molecular formula is C12H12N2O4S2. The molecule has 0 atom stereocenters. The minimum atomic E-state index is -1.02. The van der Waals surface area contributed by atoms with Crippen LogP contribution >= 0.6 is 22.7 Å². The first kappa shape index (κ1) is 14.6. The monoisotopic (exact) mass is 312 g/mol. The quantitative estimate of drug-likeness (QED) is 0.880. The zero-order chi connectivity index (χ0) is 14.9. The number of rotatable bonds is 5. The molecular weight excluding hydrogens is 300 g/mol. The average Bonchev–Trinajstić information content (AvgIpc) is 3.01. The third-order valence-corrected chi connectivity index (χ3v) is 4.95. The van der Waals surface area contributed by atoms with Gasteiger partial charge in [0, 0.05) is 0 Å². The fraction of sp³-hybridized carbons (Fsp3) is 0.333. The molecule has 0 spiro atoms. The van der Waals surface area contributed by atoms with Crippen molar-refractivity contribution in [3.63, 3.8) is 0 Å². The van der Waals surface area contributed by atoms with Gasteiger partial charge in [-0.15, -0.1) is 22.7 Å². The van der Waals surface area contributed by atoms with E-state index in [0.717, 1.165) is 22.7 Å². The Balaban J connectivity index is 2.51. The van der Waals surface area contributed by atoms with Crippen molar-refractivity contribution in [3.05, 3.63) is 21.1 Å². The van der Waals surface area contributed by atoms with Gasteiger partial charge < -0.3 is 10.2 Å². The number of carbonyl (C=O) groups is 2. The second kappa shape index (κ2) is 5.68. The molecule has 0 aliphatic heterocycles. The van der Waals surface area contributed by atoms with E-state index in [2.05, 4.69) is 9.97 Å². The van der Waals surface area contributed by atoms with Crippen LogP contribution in [0.15, 0.2) is 0 Å². The summed E-state index contributed by atoms with van der Waals surface area (Å²) < 4.78 is 0. The van der Waals surface area contributed by atoms with Crippen molar-refractivity contribution in [1.29, 1.82) is 0 Å². The molecule has 2 N–H and O–H groups in total. The Bertz CT molecular complexity index is 617. The number of aryl methyl sites for hydroxylation is 2. The van der Waals surface area contributed by atoms with E-state index in [1.807, 2.05) is 13.8 Å². The van der Waals surface area contributed by atoms with Crippen LogP contribution in [0.5, 0.6) is 0 Å². The third-order valence-electron chi connectivity index (χ3n) is 2.64. The maximum atomic E-state index is 11.1. The van der Waals surface area contributed by atoms with Crippen LogP contribution in [-0.4, -0.2) is 32.1 Å². The van der Waals surface area contributed by atoms with Gasteiger partial charge in [0.15, 0.2) is 10.0 Å². The van der Waals surface area contributed by atoms with Crippen molar-refractivity contribution in [2.45, 2.75) is 26.7 Å². The van der Waals surface area contributed by atoms with E-state index < -0.39 is 11.9 Å². The topological polar surface area (TPSA) is 100 Å². The molecule has 106 valence electrons. The molecule has 0 radical (unpaired) electrons. The molecule has 8 heteroatoms. The molecule has 0 aliphatic carbocycles. The summed E-state index contributed by atoms with van der Waals surface area (Å²) in [7, 11) is 0. The maximum absolute atomic E-state index is 11.1. The lowest BCUT2D eigenvalue weighted by Crippen LogP contribution is -1.97. The zero-order valence-electron chi connectivity index (χ0n) is 10.8. The summed E-state index contributed by atoms with van der Waals surface area (Å²) in [5.41, 5.74) is 1.00. The van der Waals surface area contributed by atoms with Gasteiger partial charge in [-0.2, -0.15) is 0 Å². The number of thiazole rings is 2. The second-order valence-corrected chi connectivity index (χ2v) is 5.91. The van der Waals surface area contributed by atoms with Crippen LogP contribution < -0.4 is 0 Å². The number of nitrogens with zero attached hydrogens (tertiary/aromatic N) is 2. The fourth-order valence-electron chi connectivity index (χ4n) is 1.70. The van der Waals surface area contributed by atoms with Crippen molar-refractivity contribution in [1.82, 2.24) is 9.97 Å². The fourth-order valence-corrected chi connectivity index (χ4v) is 3.70. The van der Waals surface area contributed by atoms with Gasteiger partial charge in [-0.3, -0.25) is 0 Å². The van der Waals surface area contributed by atoms with Gasteiger partial charge in [-0.1, -0.05) is 13.8 Å². The van der Waals surface area contributed by atoms with E-state index in [0.29, 0.717) is 34.2 Å². The van der Waals surface area contributed by atoms with Crippen molar-refractivity contribution in [3.8, 4) is 10.0 Å². The molecule has 2 rings (SSSR count). The molecule has 2 heterocycles. The summed E-state index contributed by atoms with van der Waals surface area (Å²) in [4.78, 5) is 31.1. The highest BCUT2D eigenvalue weighted by atomic mass is 32.1. The van der Waals surface area contributed by atoms with Crippen molar-refractivity contribution in [2.75, 3.05) is 0 Å². The Morgan fingerprint density at radius 2 is 1.25 bits per heavy atom. The largest absolute Gasteiger partial charge is 0.477 e.